The fourth-order valence-electron chi connectivity index (χ4n) is 2.41. The maximum Gasteiger partial charge on any atom is 0.231 e. The van der Waals surface area contributed by atoms with Crippen LogP contribution in [0.2, 0.25) is 0 Å². The second-order valence-corrected chi connectivity index (χ2v) is 5.79. The van der Waals surface area contributed by atoms with E-state index in [4.69, 9.17) is 18.9 Å². The molecule has 1 aliphatic heterocycles. The molecule has 0 amide bonds. The quantitative estimate of drug-likeness (QED) is 0.737. The topological polar surface area (TPSA) is 49.8 Å². The van der Waals surface area contributed by atoms with Gasteiger partial charge >= 0.3 is 0 Å². The first-order valence-corrected chi connectivity index (χ1v) is 7.53. The molecule has 0 fully saturated rings. The van der Waals surface area contributed by atoms with Gasteiger partial charge in [-0.3, -0.25) is 0 Å². The SMILES string of the molecule is COc1ccc(-c2nc3cc4c(cc3s2)OCO4)c(OC)c1. The molecular formula is C16H13NO4S. The van der Waals surface area contributed by atoms with Gasteiger partial charge in [0.05, 0.1) is 30.0 Å². The van der Waals surface area contributed by atoms with Gasteiger partial charge in [-0.25, -0.2) is 4.98 Å². The Labute approximate surface area is 131 Å². The van der Waals surface area contributed by atoms with Crippen molar-refractivity contribution < 1.29 is 18.9 Å². The van der Waals surface area contributed by atoms with Gasteiger partial charge < -0.3 is 18.9 Å². The molecule has 5 nitrogen and oxygen atoms in total. The number of thiazole rings is 1. The minimum atomic E-state index is 0.270. The molecular weight excluding hydrogens is 302 g/mol. The molecule has 3 aromatic rings. The highest BCUT2D eigenvalue weighted by Crippen LogP contribution is 2.42. The van der Waals surface area contributed by atoms with Crippen molar-refractivity contribution in [1.29, 1.82) is 0 Å². The molecule has 0 aliphatic carbocycles. The summed E-state index contributed by atoms with van der Waals surface area (Å²) >= 11 is 1.59. The van der Waals surface area contributed by atoms with Gasteiger partial charge in [0.15, 0.2) is 11.5 Å². The molecule has 0 atom stereocenters. The van der Waals surface area contributed by atoms with Crippen LogP contribution in [0.3, 0.4) is 0 Å². The predicted octanol–water partition coefficient (Wildman–Crippen LogP) is 3.71. The van der Waals surface area contributed by atoms with Gasteiger partial charge in [0.25, 0.3) is 0 Å². The summed E-state index contributed by atoms with van der Waals surface area (Å²) in [5.41, 5.74) is 1.83. The maximum absolute atomic E-state index is 5.46. The maximum atomic E-state index is 5.46. The Hall–Kier alpha value is -2.47. The van der Waals surface area contributed by atoms with Gasteiger partial charge in [0, 0.05) is 18.2 Å². The van der Waals surface area contributed by atoms with Crippen molar-refractivity contribution in [2.75, 3.05) is 21.0 Å². The predicted molar refractivity (Wildman–Crippen MR) is 84.3 cm³/mol. The summed E-state index contributed by atoms with van der Waals surface area (Å²) in [4.78, 5) is 4.69. The summed E-state index contributed by atoms with van der Waals surface area (Å²) in [6.45, 7) is 0.270. The molecule has 1 aromatic heterocycles. The molecule has 4 rings (SSSR count). The van der Waals surface area contributed by atoms with E-state index in [1.54, 1.807) is 25.6 Å². The highest BCUT2D eigenvalue weighted by Gasteiger charge is 2.18. The van der Waals surface area contributed by atoms with Crippen LogP contribution < -0.4 is 18.9 Å². The lowest BCUT2D eigenvalue weighted by Crippen LogP contribution is -1.92. The molecule has 0 spiro atoms. The molecule has 0 saturated carbocycles. The first-order valence-electron chi connectivity index (χ1n) is 6.71. The van der Waals surface area contributed by atoms with E-state index < -0.39 is 0 Å². The number of hydrogen-bond acceptors (Lipinski definition) is 6. The number of ether oxygens (including phenoxy) is 4. The van der Waals surface area contributed by atoms with Crippen LogP contribution in [-0.4, -0.2) is 26.0 Å². The lowest BCUT2D eigenvalue weighted by molar-refractivity contribution is 0.174. The Morgan fingerprint density at radius 3 is 2.64 bits per heavy atom. The van der Waals surface area contributed by atoms with Gasteiger partial charge in [-0.15, -0.1) is 11.3 Å². The average Bonchev–Trinajstić information content (AvgIpc) is 3.17. The Bertz CT molecular complexity index is 818. The highest BCUT2D eigenvalue weighted by molar-refractivity contribution is 7.21. The van der Waals surface area contributed by atoms with Crippen LogP contribution in [0.25, 0.3) is 20.8 Å². The minimum Gasteiger partial charge on any atom is -0.497 e. The van der Waals surface area contributed by atoms with E-state index >= 15 is 0 Å². The first kappa shape index (κ1) is 13.2. The first-order chi connectivity index (χ1) is 10.8. The van der Waals surface area contributed by atoms with Crippen molar-refractivity contribution in [2.24, 2.45) is 0 Å². The summed E-state index contributed by atoms with van der Waals surface area (Å²) < 4.78 is 22.5. The van der Waals surface area contributed by atoms with Gasteiger partial charge in [-0.1, -0.05) is 0 Å². The molecule has 0 bridgehead atoms. The fourth-order valence-corrected chi connectivity index (χ4v) is 3.41. The smallest absolute Gasteiger partial charge is 0.231 e. The van der Waals surface area contributed by atoms with Gasteiger partial charge in [0.1, 0.15) is 16.5 Å². The fraction of sp³-hybridized carbons (Fsp3) is 0.188. The van der Waals surface area contributed by atoms with E-state index in [1.807, 2.05) is 30.3 Å². The zero-order valence-electron chi connectivity index (χ0n) is 12.1. The molecule has 2 heterocycles. The minimum absolute atomic E-state index is 0.270. The second kappa shape index (κ2) is 5.06. The third-order valence-electron chi connectivity index (χ3n) is 3.52. The van der Waals surface area contributed by atoms with Crippen LogP contribution in [0.1, 0.15) is 0 Å². The monoisotopic (exact) mass is 315 g/mol. The van der Waals surface area contributed by atoms with Crippen LogP contribution in [-0.2, 0) is 0 Å². The lowest BCUT2D eigenvalue weighted by atomic mass is 10.2. The van der Waals surface area contributed by atoms with Crippen LogP contribution in [0.5, 0.6) is 23.0 Å². The summed E-state index contributed by atoms with van der Waals surface area (Å²) in [7, 11) is 3.27. The van der Waals surface area contributed by atoms with Crippen molar-refractivity contribution in [1.82, 2.24) is 4.98 Å². The van der Waals surface area contributed by atoms with Gasteiger partial charge in [-0.2, -0.15) is 0 Å². The number of nitrogens with zero attached hydrogens (tertiary/aromatic N) is 1. The van der Waals surface area contributed by atoms with Crippen molar-refractivity contribution in [3.05, 3.63) is 30.3 Å². The number of benzene rings is 2. The Morgan fingerprint density at radius 2 is 1.86 bits per heavy atom. The number of rotatable bonds is 3. The number of hydrogen-bond donors (Lipinski definition) is 0. The summed E-state index contributed by atoms with van der Waals surface area (Å²) in [6, 6.07) is 9.59. The third-order valence-corrected chi connectivity index (χ3v) is 4.57. The molecule has 0 unspecified atom stereocenters. The summed E-state index contributed by atoms with van der Waals surface area (Å²) in [5, 5.41) is 0.887. The van der Waals surface area contributed by atoms with Crippen LogP contribution in [0.15, 0.2) is 30.3 Å². The zero-order chi connectivity index (χ0) is 15.1. The van der Waals surface area contributed by atoms with Crippen LogP contribution in [0, 0.1) is 0 Å². The van der Waals surface area contributed by atoms with E-state index in [2.05, 4.69) is 4.98 Å². The van der Waals surface area contributed by atoms with E-state index in [9.17, 15) is 0 Å². The summed E-state index contributed by atoms with van der Waals surface area (Å²) in [5.74, 6) is 3.00. The van der Waals surface area contributed by atoms with Crippen LogP contribution >= 0.6 is 11.3 Å². The van der Waals surface area contributed by atoms with E-state index in [0.717, 1.165) is 43.8 Å². The Morgan fingerprint density at radius 1 is 1.05 bits per heavy atom. The van der Waals surface area contributed by atoms with E-state index in [-0.39, 0.29) is 6.79 Å². The molecule has 0 N–H and O–H groups in total. The highest BCUT2D eigenvalue weighted by atomic mass is 32.1. The molecule has 112 valence electrons. The molecule has 1 aliphatic rings. The molecule has 22 heavy (non-hydrogen) atoms. The second-order valence-electron chi connectivity index (χ2n) is 4.76. The van der Waals surface area contributed by atoms with Gasteiger partial charge in [0.2, 0.25) is 6.79 Å². The zero-order valence-corrected chi connectivity index (χ0v) is 12.9. The summed E-state index contributed by atoms with van der Waals surface area (Å²) in [6.07, 6.45) is 0. The largest absolute Gasteiger partial charge is 0.497 e. The number of methoxy groups -OCH3 is 2. The Kier molecular flexibility index (Phi) is 3.04. The normalized spacial score (nSPS) is 12.6. The van der Waals surface area contributed by atoms with Gasteiger partial charge in [-0.05, 0) is 12.1 Å². The lowest BCUT2D eigenvalue weighted by Gasteiger charge is -2.07. The Balaban J connectivity index is 1.84. The molecule has 0 saturated heterocycles. The van der Waals surface area contributed by atoms with Crippen LogP contribution in [0.4, 0.5) is 0 Å². The van der Waals surface area contributed by atoms with Crippen molar-refractivity contribution in [2.45, 2.75) is 0 Å². The van der Waals surface area contributed by atoms with E-state index in [1.165, 1.54) is 0 Å². The average molecular weight is 315 g/mol. The molecule has 6 heteroatoms. The van der Waals surface area contributed by atoms with Crippen molar-refractivity contribution >= 4 is 21.6 Å². The third kappa shape index (κ3) is 2.03. The number of aromatic nitrogens is 1. The molecule has 2 aromatic carbocycles. The van der Waals surface area contributed by atoms with Crippen molar-refractivity contribution in [3.8, 4) is 33.6 Å². The van der Waals surface area contributed by atoms with E-state index in [0.29, 0.717) is 0 Å². The van der Waals surface area contributed by atoms with Crippen molar-refractivity contribution in [3.63, 3.8) is 0 Å². The number of fused-ring (bicyclic) bond motifs is 2. The standard InChI is InChI=1S/C16H13NO4S/c1-18-9-3-4-10(12(5-9)19-2)16-17-11-6-13-14(21-8-20-13)7-15(11)22-16/h3-7H,8H2,1-2H3. The molecule has 0 radical (unpaired) electrons.